The summed E-state index contributed by atoms with van der Waals surface area (Å²) in [6, 6.07) is 21.4. The molecule has 3 aromatic carbocycles. The summed E-state index contributed by atoms with van der Waals surface area (Å²) in [5.41, 5.74) is 3.15. The van der Waals surface area contributed by atoms with Crippen molar-refractivity contribution in [1.82, 2.24) is 14.9 Å². The Morgan fingerprint density at radius 2 is 1.69 bits per heavy atom. The van der Waals surface area contributed by atoms with Crippen molar-refractivity contribution in [1.29, 1.82) is 5.26 Å². The largest absolute Gasteiger partial charge is 0.349 e. The first-order valence-corrected chi connectivity index (χ1v) is 16.3. The lowest BCUT2D eigenvalue weighted by molar-refractivity contribution is -0.125. The number of nitrogens with one attached hydrogen (secondary N) is 2. The molecule has 218 valence electrons. The quantitative estimate of drug-likeness (QED) is 0.383. The van der Waals surface area contributed by atoms with Crippen LogP contribution in [0.2, 0.25) is 5.02 Å². The Morgan fingerprint density at radius 1 is 1.02 bits per heavy atom. The third-order valence-corrected chi connectivity index (χ3v) is 9.20. The highest BCUT2D eigenvalue weighted by atomic mass is 35.5. The molecule has 5 atom stereocenters. The molecular weight excluding hydrogens is 572 g/mol. The average Bonchev–Trinajstić information content (AvgIpc) is 2.97. The Hall–Kier alpha value is -3.71. The Bertz CT molecular complexity index is 1620. The summed E-state index contributed by atoms with van der Waals surface area (Å²) in [5.74, 6) is -1.27. The molecule has 1 unspecified atom stereocenters. The summed E-state index contributed by atoms with van der Waals surface area (Å²) in [7, 11) is -3.55. The van der Waals surface area contributed by atoms with E-state index in [4.69, 9.17) is 16.9 Å². The van der Waals surface area contributed by atoms with E-state index in [1.54, 1.807) is 41.3 Å². The van der Waals surface area contributed by atoms with Gasteiger partial charge >= 0.3 is 0 Å². The Labute approximate surface area is 251 Å². The van der Waals surface area contributed by atoms with E-state index in [0.29, 0.717) is 34.6 Å². The number of halogens is 1. The monoisotopic (exact) mass is 604 g/mol. The number of nitriles is 1. The maximum absolute atomic E-state index is 14.3. The number of rotatable bonds is 7. The molecule has 1 saturated carbocycles. The Kier molecular flexibility index (Phi) is 8.69. The van der Waals surface area contributed by atoms with Crippen LogP contribution >= 0.6 is 11.6 Å². The zero-order valence-corrected chi connectivity index (χ0v) is 25.0. The van der Waals surface area contributed by atoms with Crippen LogP contribution in [0, 0.1) is 11.3 Å². The number of nitrogens with zero attached hydrogens (tertiary/aromatic N) is 2. The lowest BCUT2D eigenvalue weighted by Gasteiger charge is -2.49. The second-order valence-electron chi connectivity index (χ2n) is 11.1. The highest BCUT2D eigenvalue weighted by molar-refractivity contribution is 7.88. The number of hydrogen-bond acceptors (Lipinski definition) is 5. The van der Waals surface area contributed by atoms with Gasteiger partial charge in [0, 0.05) is 22.7 Å². The summed E-state index contributed by atoms with van der Waals surface area (Å²) in [6.07, 6.45) is 3.98. The van der Waals surface area contributed by atoms with Crippen molar-refractivity contribution in [2.75, 3.05) is 6.26 Å². The Morgan fingerprint density at radius 3 is 2.36 bits per heavy atom. The van der Waals surface area contributed by atoms with Crippen LogP contribution in [0.15, 0.2) is 72.8 Å². The van der Waals surface area contributed by atoms with E-state index in [9.17, 15) is 18.0 Å². The fourth-order valence-corrected chi connectivity index (χ4v) is 7.25. The molecule has 1 fully saturated rings. The van der Waals surface area contributed by atoms with E-state index in [0.717, 1.165) is 30.2 Å². The standard InChI is InChI=1S/C32H33ClN4O4S/c1-20(22-13-11-21(19-34)12-14-22)35-31(38)29-25-7-3-4-8-26(25)32(39)37(30(29)23-15-17-24(33)18-16-23)28-10-6-5-9-27(28)36-42(2,40)41/h3-4,7-8,11-18,20,27-30,36H,5-6,9-10H2,1-2H3,(H,35,38)/t20?,27-,28-,29+,30-/m0/s1. The molecule has 0 bridgehead atoms. The zero-order chi connectivity index (χ0) is 30.0. The molecule has 1 aliphatic carbocycles. The van der Waals surface area contributed by atoms with Gasteiger partial charge < -0.3 is 10.2 Å². The molecule has 10 heteroatoms. The van der Waals surface area contributed by atoms with Gasteiger partial charge in [-0.05, 0) is 66.8 Å². The summed E-state index contributed by atoms with van der Waals surface area (Å²) in [6.45, 7) is 1.88. The van der Waals surface area contributed by atoms with E-state index in [2.05, 4.69) is 16.1 Å². The number of carbonyl (C=O) groups excluding carboxylic acids is 2. The van der Waals surface area contributed by atoms with Gasteiger partial charge in [-0.25, -0.2) is 13.1 Å². The minimum atomic E-state index is -3.55. The van der Waals surface area contributed by atoms with Crippen molar-refractivity contribution in [3.8, 4) is 6.07 Å². The van der Waals surface area contributed by atoms with Gasteiger partial charge in [0.25, 0.3) is 5.91 Å². The molecule has 3 aromatic rings. The van der Waals surface area contributed by atoms with Crippen molar-refractivity contribution >= 4 is 33.4 Å². The van der Waals surface area contributed by atoms with Gasteiger partial charge in [-0.15, -0.1) is 0 Å². The minimum Gasteiger partial charge on any atom is -0.349 e. The first-order valence-electron chi connectivity index (χ1n) is 14.0. The van der Waals surface area contributed by atoms with Crippen LogP contribution in [-0.2, 0) is 14.8 Å². The molecule has 2 amide bonds. The van der Waals surface area contributed by atoms with Crippen LogP contribution < -0.4 is 10.0 Å². The van der Waals surface area contributed by atoms with Gasteiger partial charge in [-0.3, -0.25) is 9.59 Å². The number of sulfonamides is 1. The van der Waals surface area contributed by atoms with Crippen molar-refractivity contribution in [3.05, 3.63) is 106 Å². The van der Waals surface area contributed by atoms with Gasteiger partial charge in [0.05, 0.1) is 35.9 Å². The SMILES string of the molecule is CC(NC(=O)[C@@H]1c2ccccc2C(=O)N([C@H]2CCCC[C@@H]2NS(C)(=O)=O)[C@H]1c1ccc(Cl)cc1)c1ccc(C#N)cc1. The predicted molar refractivity (Wildman–Crippen MR) is 161 cm³/mol. The third kappa shape index (κ3) is 6.21. The molecule has 1 heterocycles. The first-order chi connectivity index (χ1) is 20.1. The van der Waals surface area contributed by atoms with Gasteiger partial charge in [-0.2, -0.15) is 5.26 Å². The molecule has 8 nitrogen and oxygen atoms in total. The molecule has 1 aliphatic heterocycles. The summed E-state index contributed by atoms with van der Waals surface area (Å²) >= 11 is 6.24. The zero-order valence-electron chi connectivity index (χ0n) is 23.5. The second kappa shape index (κ2) is 12.3. The highest BCUT2D eigenvalue weighted by Crippen LogP contribution is 2.46. The molecule has 0 saturated heterocycles. The normalized spacial score (nSPS) is 23.0. The first kappa shape index (κ1) is 29.8. The van der Waals surface area contributed by atoms with Crippen LogP contribution in [0.1, 0.15) is 83.2 Å². The van der Waals surface area contributed by atoms with Gasteiger partial charge in [0.1, 0.15) is 0 Å². The molecule has 0 spiro atoms. The van der Waals surface area contributed by atoms with Crippen molar-refractivity contribution < 1.29 is 18.0 Å². The molecular formula is C32H33ClN4O4S. The summed E-state index contributed by atoms with van der Waals surface area (Å²) in [5, 5.41) is 12.8. The lowest BCUT2D eigenvalue weighted by Crippen LogP contribution is -2.59. The van der Waals surface area contributed by atoms with E-state index < -0.39 is 34.1 Å². The van der Waals surface area contributed by atoms with Crippen LogP contribution in [-0.4, -0.2) is 43.5 Å². The lowest BCUT2D eigenvalue weighted by atomic mass is 9.76. The van der Waals surface area contributed by atoms with Crippen LogP contribution in [0.4, 0.5) is 0 Å². The smallest absolute Gasteiger partial charge is 0.255 e. The third-order valence-electron chi connectivity index (χ3n) is 8.22. The second-order valence-corrected chi connectivity index (χ2v) is 13.3. The molecule has 0 aromatic heterocycles. The van der Waals surface area contributed by atoms with E-state index >= 15 is 0 Å². The molecule has 2 N–H and O–H groups in total. The number of benzene rings is 3. The van der Waals surface area contributed by atoms with Gasteiger partial charge in [0.15, 0.2) is 0 Å². The molecule has 0 radical (unpaired) electrons. The van der Waals surface area contributed by atoms with Crippen molar-refractivity contribution in [2.24, 2.45) is 0 Å². The van der Waals surface area contributed by atoms with Crippen molar-refractivity contribution in [3.63, 3.8) is 0 Å². The fourth-order valence-electron chi connectivity index (χ4n) is 6.30. The Balaban J connectivity index is 1.61. The maximum Gasteiger partial charge on any atom is 0.255 e. The highest BCUT2D eigenvalue weighted by Gasteiger charge is 2.49. The van der Waals surface area contributed by atoms with Crippen molar-refractivity contribution in [2.45, 2.75) is 62.7 Å². The maximum atomic E-state index is 14.3. The predicted octanol–water partition coefficient (Wildman–Crippen LogP) is 5.23. The van der Waals surface area contributed by atoms with E-state index in [-0.39, 0.29) is 17.9 Å². The summed E-state index contributed by atoms with van der Waals surface area (Å²) < 4.78 is 27.5. The number of carbonyl (C=O) groups is 2. The van der Waals surface area contributed by atoms with Crippen LogP contribution in [0.3, 0.4) is 0 Å². The van der Waals surface area contributed by atoms with E-state index in [1.807, 2.05) is 43.3 Å². The van der Waals surface area contributed by atoms with Gasteiger partial charge in [0.2, 0.25) is 15.9 Å². The fraction of sp³-hybridized carbons (Fsp3) is 0.344. The van der Waals surface area contributed by atoms with Crippen LogP contribution in [0.25, 0.3) is 0 Å². The number of amides is 2. The minimum absolute atomic E-state index is 0.234. The van der Waals surface area contributed by atoms with Gasteiger partial charge in [-0.1, -0.05) is 66.9 Å². The number of hydrogen-bond donors (Lipinski definition) is 2. The van der Waals surface area contributed by atoms with Crippen LogP contribution in [0.5, 0.6) is 0 Å². The number of fused-ring (bicyclic) bond motifs is 1. The van der Waals surface area contributed by atoms with E-state index in [1.165, 1.54) is 0 Å². The molecule has 5 rings (SSSR count). The molecule has 2 aliphatic rings. The summed E-state index contributed by atoms with van der Waals surface area (Å²) in [4.78, 5) is 30.4. The molecule has 42 heavy (non-hydrogen) atoms. The topological polar surface area (TPSA) is 119 Å². The average molecular weight is 605 g/mol.